The molecule has 0 bridgehead atoms. The molecule has 5 heteroatoms. The number of fused-ring (bicyclic) bond motifs is 3. The third kappa shape index (κ3) is 2.77. The van der Waals surface area contributed by atoms with Crippen LogP contribution in [0, 0.1) is 17.2 Å². The van der Waals surface area contributed by atoms with E-state index in [1.165, 1.54) is 0 Å². The van der Waals surface area contributed by atoms with Gasteiger partial charge < -0.3 is 14.9 Å². The van der Waals surface area contributed by atoms with Crippen LogP contribution in [0.5, 0.6) is 0 Å². The first kappa shape index (κ1) is 17.6. The van der Waals surface area contributed by atoms with Crippen LogP contribution in [0.1, 0.15) is 30.5 Å². The molecule has 1 N–H and O–H groups in total. The van der Waals surface area contributed by atoms with E-state index < -0.39 is 0 Å². The van der Waals surface area contributed by atoms with Gasteiger partial charge in [0.2, 0.25) is 5.91 Å². The Hall–Kier alpha value is -2.84. The third-order valence-electron chi connectivity index (χ3n) is 6.10. The van der Waals surface area contributed by atoms with Crippen molar-refractivity contribution in [3.8, 4) is 17.2 Å². The van der Waals surface area contributed by atoms with Crippen LogP contribution in [0.15, 0.2) is 42.5 Å². The Morgan fingerprint density at radius 1 is 1.22 bits per heavy atom. The predicted molar refractivity (Wildman–Crippen MR) is 104 cm³/mol. The summed E-state index contributed by atoms with van der Waals surface area (Å²) in [6.45, 7) is 2.44. The highest BCUT2D eigenvalue weighted by Crippen LogP contribution is 2.49. The number of aliphatic hydroxyl groups excluding tert-OH is 1. The van der Waals surface area contributed by atoms with Crippen LogP contribution in [0.4, 0.5) is 5.69 Å². The predicted octanol–water partition coefficient (Wildman–Crippen LogP) is 2.95. The van der Waals surface area contributed by atoms with E-state index >= 15 is 0 Å². The largest absolute Gasteiger partial charge is 0.394 e. The van der Waals surface area contributed by atoms with Gasteiger partial charge in [0.15, 0.2) is 0 Å². The molecular weight excluding hydrogens is 338 g/mol. The molecule has 1 saturated heterocycles. The fourth-order valence-corrected chi connectivity index (χ4v) is 4.72. The monoisotopic (exact) mass is 361 g/mol. The van der Waals surface area contributed by atoms with Gasteiger partial charge in [-0.1, -0.05) is 18.2 Å². The quantitative estimate of drug-likeness (QED) is 0.893. The Morgan fingerprint density at radius 3 is 2.56 bits per heavy atom. The minimum atomic E-state index is 0.00387. The first-order valence-corrected chi connectivity index (χ1v) is 9.30. The summed E-state index contributed by atoms with van der Waals surface area (Å²) < 4.78 is 0. The van der Waals surface area contributed by atoms with Gasteiger partial charge in [0, 0.05) is 32.1 Å². The van der Waals surface area contributed by atoms with E-state index in [0.29, 0.717) is 5.56 Å². The number of carbonyl (C=O) groups is 1. The number of hydrogen-bond donors (Lipinski definition) is 1. The topological polar surface area (TPSA) is 67.6 Å². The molecule has 0 saturated carbocycles. The van der Waals surface area contributed by atoms with E-state index in [-0.39, 0.29) is 30.5 Å². The molecule has 5 nitrogen and oxygen atoms in total. The van der Waals surface area contributed by atoms with Crippen molar-refractivity contribution in [1.82, 2.24) is 4.90 Å². The molecule has 2 heterocycles. The lowest BCUT2D eigenvalue weighted by Gasteiger charge is -2.44. The molecule has 2 aliphatic rings. The zero-order valence-electron chi connectivity index (χ0n) is 15.6. The molecule has 138 valence electrons. The van der Waals surface area contributed by atoms with Crippen molar-refractivity contribution in [3.05, 3.63) is 53.6 Å². The molecule has 1 fully saturated rings. The van der Waals surface area contributed by atoms with Gasteiger partial charge in [0.1, 0.15) is 0 Å². The van der Waals surface area contributed by atoms with Crippen LogP contribution < -0.4 is 4.90 Å². The number of nitriles is 1. The second-order valence-electron chi connectivity index (χ2n) is 7.43. The van der Waals surface area contributed by atoms with E-state index in [4.69, 9.17) is 5.26 Å². The second-order valence-corrected chi connectivity index (χ2v) is 7.43. The van der Waals surface area contributed by atoms with Crippen LogP contribution >= 0.6 is 0 Å². The Morgan fingerprint density at radius 2 is 1.93 bits per heavy atom. The molecule has 0 unspecified atom stereocenters. The SMILES string of the molecule is CC(=O)N1CC[C@H]2[C@@H]1c1cc(-c3ccc(C#N)cc3)ccc1N(C)[C@H]2CO. The zero-order valence-corrected chi connectivity index (χ0v) is 15.6. The summed E-state index contributed by atoms with van der Waals surface area (Å²) in [6.07, 6.45) is 0.903. The lowest BCUT2D eigenvalue weighted by molar-refractivity contribution is -0.130. The van der Waals surface area contributed by atoms with Crippen molar-refractivity contribution in [3.63, 3.8) is 0 Å². The molecule has 0 aliphatic carbocycles. The highest BCUT2D eigenvalue weighted by atomic mass is 16.3. The van der Waals surface area contributed by atoms with Crippen molar-refractivity contribution in [2.24, 2.45) is 5.92 Å². The number of hydrogen-bond acceptors (Lipinski definition) is 4. The summed E-state index contributed by atoms with van der Waals surface area (Å²) in [5.74, 6) is 0.311. The number of nitrogens with zero attached hydrogens (tertiary/aromatic N) is 3. The molecule has 2 aromatic carbocycles. The zero-order chi connectivity index (χ0) is 19.1. The van der Waals surface area contributed by atoms with Crippen molar-refractivity contribution < 1.29 is 9.90 Å². The summed E-state index contributed by atoms with van der Waals surface area (Å²) in [5.41, 5.74) is 4.97. The van der Waals surface area contributed by atoms with Gasteiger partial charge in [-0.05, 0) is 47.4 Å². The maximum atomic E-state index is 12.2. The minimum Gasteiger partial charge on any atom is -0.394 e. The summed E-state index contributed by atoms with van der Waals surface area (Å²) in [7, 11) is 2.02. The molecule has 2 aromatic rings. The number of anilines is 1. The molecule has 0 aromatic heterocycles. The fraction of sp³-hybridized carbons (Fsp3) is 0.364. The van der Waals surface area contributed by atoms with Gasteiger partial charge in [-0.2, -0.15) is 5.26 Å². The fourth-order valence-electron chi connectivity index (χ4n) is 4.72. The highest BCUT2D eigenvalue weighted by Gasteiger charge is 2.46. The Balaban J connectivity index is 1.82. The van der Waals surface area contributed by atoms with E-state index in [1.54, 1.807) is 6.92 Å². The number of carbonyl (C=O) groups excluding carboxylic acids is 1. The molecule has 27 heavy (non-hydrogen) atoms. The average Bonchev–Trinajstić information content (AvgIpc) is 3.13. The molecule has 4 rings (SSSR count). The summed E-state index contributed by atoms with van der Waals surface area (Å²) >= 11 is 0. The molecule has 2 aliphatic heterocycles. The number of likely N-dealkylation sites (N-methyl/N-ethyl adjacent to an activating group) is 1. The van der Waals surface area contributed by atoms with E-state index in [0.717, 1.165) is 35.3 Å². The summed E-state index contributed by atoms with van der Waals surface area (Å²) in [4.78, 5) is 16.3. The average molecular weight is 361 g/mol. The second kappa shape index (κ2) is 6.71. The van der Waals surface area contributed by atoms with Crippen LogP contribution in [-0.2, 0) is 4.79 Å². The Labute approximate surface area is 159 Å². The summed E-state index contributed by atoms with van der Waals surface area (Å²) in [5, 5.41) is 19.0. The van der Waals surface area contributed by atoms with E-state index in [9.17, 15) is 9.90 Å². The number of amides is 1. The number of likely N-dealkylation sites (tertiary alicyclic amines) is 1. The van der Waals surface area contributed by atoms with Crippen LogP contribution in [-0.4, -0.2) is 42.2 Å². The van der Waals surface area contributed by atoms with Crippen molar-refractivity contribution >= 4 is 11.6 Å². The van der Waals surface area contributed by atoms with Gasteiger partial charge in [0.05, 0.1) is 30.3 Å². The van der Waals surface area contributed by atoms with Gasteiger partial charge in [-0.3, -0.25) is 4.79 Å². The smallest absolute Gasteiger partial charge is 0.219 e. The van der Waals surface area contributed by atoms with Gasteiger partial charge >= 0.3 is 0 Å². The minimum absolute atomic E-state index is 0.00387. The number of rotatable bonds is 2. The first-order valence-electron chi connectivity index (χ1n) is 9.30. The normalized spacial score (nSPS) is 23.6. The number of aliphatic hydroxyl groups is 1. The van der Waals surface area contributed by atoms with Gasteiger partial charge in [0.25, 0.3) is 0 Å². The van der Waals surface area contributed by atoms with Gasteiger partial charge in [-0.15, -0.1) is 0 Å². The maximum Gasteiger partial charge on any atom is 0.219 e. The highest BCUT2D eigenvalue weighted by molar-refractivity contribution is 5.77. The van der Waals surface area contributed by atoms with Crippen molar-refractivity contribution in [2.45, 2.75) is 25.4 Å². The lowest BCUT2D eigenvalue weighted by atomic mass is 9.81. The molecular formula is C22H23N3O2. The Bertz CT molecular complexity index is 916. The van der Waals surface area contributed by atoms with Crippen LogP contribution in [0.25, 0.3) is 11.1 Å². The molecule has 3 atom stereocenters. The van der Waals surface area contributed by atoms with Gasteiger partial charge in [-0.25, -0.2) is 0 Å². The lowest BCUT2D eigenvalue weighted by Crippen LogP contribution is -2.48. The molecule has 1 amide bonds. The number of benzene rings is 2. The van der Waals surface area contributed by atoms with E-state index in [1.807, 2.05) is 36.2 Å². The van der Waals surface area contributed by atoms with Crippen LogP contribution in [0.2, 0.25) is 0 Å². The van der Waals surface area contributed by atoms with Crippen molar-refractivity contribution in [1.29, 1.82) is 5.26 Å². The Kier molecular flexibility index (Phi) is 4.37. The summed E-state index contributed by atoms with van der Waals surface area (Å²) in [6, 6.07) is 16.0. The third-order valence-corrected chi connectivity index (χ3v) is 6.10. The molecule has 0 spiro atoms. The van der Waals surface area contributed by atoms with Crippen molar-refractivity contribution in [2.75, 3.05) is 25.1 Å². The first-order chi connectivity index (χ1) is 13.0. The van der Waals surface area contributed by atoms with E-state index in [2.05, 4.69) is 29.2 Å². The molecule has 0 radical (unpaired) electrons. The standard InChI is InChI=1S/C22H23N3O2/c1-14(27)25-10-9-18-21(13-26)24(2)20-8-7-17(11-19(20)22(18)25)16-5-3-15(12-23)4-6-16/h3-8,11,18,21-22,26H,9-10,13H2,1-2H3/t18-,21+,22-/m1/s1. The van der Waals surface area contributed by atoms with Crippen LogP contribution in [0.3, 0.4) is 0 Å². The maximum absolute atomic E-state index is 12.2.